The molecular weight excluding hydrogens is 453 g/mol. The molecule has 0 radical (unpaired) electrons. The van der Waals surface area contributed by atoms with Crippen molar-refractivity contribution in [3.63, 3.8) is 0 Å². The lowest BCUT2D eigenvalue weighted by Gasteiger charge is -2.30. The highest BCUT2D eigenvalue weighted by atomic mass is 19.1. The summed E-state index contributed by atoms with van der Waals surface area (Å²) < 4.78 is 36.3. The van der Waals surface area contributed by atoms with E-state index in [4.69, 9.17) is 18.6 Å². The summed E-state index contributed by atoms with van der Waals surface area (Å²) in [6.07, 6.45) is 1.40. The van der Waals surface area contributed by atoms with Crippen LogP contribution in [0, 0.1) is 5.82 Å². The van der Waals surface area contributed by atoms with Gasteiger partial charge in [-0.2, -0.15) is 0 Å². The summed E-state index contributed by atoms with van der Waals surface area (Å²) in [6, 6.07) is 9.38. The predicted molar refractivity (Wildman–Crippen MR) is 128 cm³/mol. The Kier molecular flexibility index (Phi) is 7.84. The van der Waals surface area contributed by atoms with E-state index in [1.807, 2.05) is 25.7 Å². The van der Waals surface area contributed by atoms with E-state index in [2.05, 4.69) is 10.2 Å². The third-order valence-corrected chi connectivity index (χ3v) is 5.82. The first-order valence-electron chi connectivity index (χ1n) is 12.0. The van der Waals surface area contributed by atoms with Crippen LogP contribution in [-0.4, -0.2) is 53.9 Å². The number of benzene rings is 2. The van der Waals surface area contributed by atoms with Crippen LogP contribution in [0.1, 0.15) is 55.8 Å². The molecule has 8 nitrogen and oxygen atoms in total. The molecule has 3 aromatic rings. The van der Waals surface area contributed by atoms with Gasteiger partial charge in [0, 0.05) is 30.1 Å². The van der Waals surface area contributed by atoms with Gasteiger partial charge in [0.15, 0.2) is 11.5 Å². The number of halogens is 1. The van der Waals surface area contributed by atoms with Crippen LogP contribution in [-0.2, 0) is 0 Å². The van der Waals surface area contributed by atoms with Gasteiger partial charge in [0.2, 0.25) is 17.5 Å². The fourth-order valence-electron chi connectivity index (χ4n) is 4.13. The normalized spacial score (nSPS) is 14.1. The average molecular weight is 484 g/mol. The quantitative estimate of drug-likeness (QED) is 0.419. The summed E-state index contributed by atoms with van der Waals surface area (Å²) in [6.45, 7) is 8.11. The van der Waals surface area contributed by atoms with Gasteiger partial charge in [-0.3, -0.25) is 4.79 Å². The lowest BCUT2D eigenvalue weighted by molar-refractivity contribution is 0.0705. The summed E-state index contributed by atoms with van der Waals surface area (Å²) in [7, 11) is 0. The zero-order valence-corrected chi connectivity index (χ0v) is 20.3. The summed E-state index contributed by atoms with van der Waals surface area (Å²) in [5, 5.41) is 8.31. The van der Waals surface area contributed by atoms with Crippen LogP contribution in [0.4, 0.5) is 4.39 Å². The average Bonchev–Trinajstić information content (AvgIpc) is 3.36. The summed E-state index contributed by atoms with van der Waals surface area (Å²) in [4.78, 5) is 15.1. The Bertz CT molecular complexity index is 1110. The van der Waals surface area contributed by atoms with Crippen molar-refractivity contribution < 1.29 is 27.8 Å². The standard InChI is InChI=1S/C26H30FN3O5/c1-4-32-21-15-19(16-22(33-5-2)23(21)34-6-3)26(31)30-13-11-18(12-14-30)25-29-28-24(35-25)17-7-9-20(27)10-8-17/h7-10,15-16,18H,4-6,11-14H2,1-3H3. The molecule has 0 atom stereocenters. The van der Waals surface area contributed by atoms with Crippen molar-refractivity contribution in [1.82, 2.24) is 15.1 Å². The molecule has 9 heteroatoms. The molecule has 0 N–H and O–H groups in total. The highest BCUT2D eigenvalue weighted by Gasteiger charge is 2.29. The minimum atomic E-state index is -0.320. The molecule has 0 saturated carbocycles. The first-order chi connectivity index (χ1) is 17.0. The molecule has 186 valence electrons. The van der Waals surface area contributed by atoms with Crippen molar-refractivity contribution in [1.29, 1.82) is 0 Å². The Morgan fingerprint density at radius 2 is 1.57 bits per heavy atom. The van der Waals surface area contributed by atoms with E-state index < -0.39 is 0 Å². The number of ether oxygens (including phenoxy) is 3. The van der Waals surface area contributed by atoms with E-state index >= 15 is 0 Å². The van der Waals surface area contributed by atoms with Gasteiger partial charge >= 0.3 is 0 Å². The zero-order chi connectivity index (χ0) is 24.8. The first-order valence-corrected chi connectivity index (χ1v) is 12.0. The smallest absolute Gasteiger partial charge is 0.254 e. The number of hydrogen-bond donors (Lipinski definition) is 0. The number of nitrogens with zero attached hydrogens (tertiary/aromatic N) is 3. The molecule has 0 aliphatic carbocycles. The Balaban J connectivity index is 1.46. The second-order valence-corrected chi connectivity index (χ2v) is 8.12. The van der Waals surface area contributed by atoms with Gasteiger partial charge in [0.05, 0.1) is 19.8 Å². The number of hydrogen-bond acceptors (Lipinski definition) is 7. The fraction of sp³-hybridized carbons (Fsp3) is 0.423. The lowest BCUT2D eigenvalue weighted by Crippen LogP contribution is -2.38. The predicted octanol–water partition coefficient (Wildman–Crippen LogP) is 5.09. The van der Waals surface area contributed by atoms with E-state index in [0.29, 0.717) is 85.9 Å². The van der Waals surface area contributed by atoms with Crippen LogP contribution >= 0.6 is 0 Å². The molecule has 2 aromatic carbocycles. The molecule has 1 fully saturated rings. The Labute approximate surface area is 204 Å². The maximum absolute atomic E-state index is 13.3. The number of piperidine rings is 1. The van der Waals surface area contributed by atoms with Crippen molar-refractivity contribution in [2.45, 2.75) is 39.5 Å². The number of likely N-dealkylation sites (tertiary alicyclic amines) is 1. The molecule has 1 aliphatic heterocycles. The van der Waals surface area contributed by atoms with E-state index in [1.165, 1.54) is 12.1 Å². The minimum Gasteiger partial charge on any atom is -0.490 e. The monoisotopic (exact) mass is 483 g/mol. The Morgan fingerprint density at radius 1 is 0.971 bits per heavy atom. The van der Waals surface area contributed by atoms with Gasteiger partial charge in [0.25, 0.3) is 5.91 Å². The zero-order valence-electron chi connectivity index (χ0n) is 20.3. The van der Waals surface area contributed by atoms with Crippen molar-refractivity contribution in [2.75, 3.05) is 32.9 Å². The minimum absolute atomic E-state index is 0.0547. The van der Waals surface area contributed by atoms with Gasteiger partial charge in [-0.1, -0.05) is 0 Å². The maximum atomic E-state index is 13.3. The third kappa shape index (κ3) is 5.55. The van der Waals surface area contributed by atoms with Crippen LogP contribution in [0.2, 0.25) is 0 Å². The molecule has 1 amide bonds. The maximum Gasteiger partial charge on any atom is 0.254 e. The second kappa shape index (κ2) is 11.2. The van der Waals surface area contributed by atoms with Crippen LogP contribution in [0.3, 0.4) is 0 Å². The molecule has 4 rings (SSSR count). The van der Waals surface area contributed by atoms with E-state index in [0.717, 1.165) is 0 Å². The molecule has 1 aliphatic rings. The second-order valence-electron chi connectivity index (χ2n) is 8.12. The van der Waals surface area contributed by atoms with Crippen molar-refractivity contribution in [3.05, 3.63) is 53.7 Å². The van der Waals surface area contributed by atoms with Gasteiger partial charge in [-0.25, -0.2) is 4.39 Å². The van der Waals surface area contributed by atoms with E-state index in [-0.39, 0.29) is 17.6 Å². The van der Waals surface area contributed by atoms with E-state index in [1.54, 1.807) is 24.3 Å². The highest BCUT2D eigenvalue weighted by Crippen LogP contribution is 2.40. The highest BCUT2D eigenvalue weighted by molar-refractivity contribution is 5.95. The topological polar surface area (TPSA) is 86.9 Å². The summed E-state index contributed by atoms with van der Waals surface area (Å²) >= 11 is 0. The van der Waals surface area contributed by atoms with E-state index in [9.17, 15) is 9.18 Å². The van der Waals surface area contributed by atoms with Crippen LogP contribution in [0.5, 0.6) is 17.2 Å². The van der Waals surface area contributed by atoms with Crippen LogP contribution < -0.4 is 14.2 Å². The van der Waals surface area contributed by atoms with Crippen LogP contribution in [0.25, 0.3) is 11.5 Å². The largest absolute Gasteiger partial charge is 0.490 e. The number of carbonyl (C=O) groups excluding carboxylic acids is 1. The third-order valence-electron chi connectivity index (χ3n) is 5.82. The summed E-state index contributed by atoms with van der Waals surface area (Å²) in [5.74, 6) is 2.05. The lowest BCUT2D eigenvalue weighted by atomic mass is 9.96. The number of rotatable bonds is 9. The van der Waals surface area contributed by atoms with Crippen LogP contribution in [0.15, 0.2) is 40.8 Å². The Morgan fingerprint density at radius 3 is 2.14 bits per heavy atom. The number of amides is 1. The molecule has 1 aromatic heterocycles. The number of carbonyl (C=O) groups is 1. The van der Waals surface area contributed by atoms with Gasteiger partial charge in [-0.15, -0.1) is 10.2 Å². The molecule has 2 heterocycles. The number of aromatic nitrogens is 2. The molecule has 1 saturated heterocycles. The fourth-order valence-corrected chi connectivity index (χ4v) is 4.13. The van der Waals surface area contributed by atoms with Gasteiger partial charge < -0.3 is 23.5 Å². The molecule has 0 unspecified atom stereocenters. The van der Waals surface area contributed by atoms with Gasteiger partial charge in [-0.05, 0) is 70.0 Å². The molecule has 0 bridgehead atoms. The molecule has 35 heavy (non-hydrogen) atoms. The van der Waals surface area contributed by atoms with Crippen molar-refractivity contribution >= 4 is 5.91 Å². The molecule has 0 spiro atoms. The van der Waals surface area contributed by atoms with Crippen molar-refractivity contribution in [2.24, 2.45) is 0 Å². The van der Waals surface area contributed by atoms with Crippen molar-refractivity contribution in [3.8, 4) is 28.7 Å². The Hall–Kier alpha value is -3.62. The molecular formula is C26H30FN3O5. The van der Waals surface area contributed by atoms with Gasteiger partial charge in [0.1, 0.15) is 5.82 Å². The summed E-state index contributed by atoms with van der Waals surface area (Å²) in [5.41, 5.74) is 1.17. The SMILES string of the molecule is CCOc1cc(C(=O)N2CCC(c3nnc(-c4ccc(F)cc4)o3)CC2)cc(OCC)c1OCC. The first kappa shape index (κ1) is 24.5.